The van der Waals surface area contributed by atoms with Gasteiger partial charge in [0, 0.05) is 0 Å². The Bertz CT molecular complexity index is 458. The summed E-state index contributed by atoms with van der Waals surface area (Å²) in [6, 6.07) is 4.94. The van der Waals surface area contributed by atoms with E-state index in [0.717, 1.165) is 12.8 Å². The summed E-state index contributed by atoms with van der Waals surface area (Å²) in [5.74, 6) is 0.390. The molecule has 1 aromatic carbocycles. The van der Waals surface area contributed by atoms with Crippen molar-refractivity contribution in [2.24, 2.45) is 0 Å². The van der Waals surface area contributed by atoms with Crippen LogP contribution in [0, 0.1) is 0 Å². The van der Waals surface area contributed by atoms with E-state index in [1.165, 1.54) is 33.5 Å². The zero-order valence-corrected chi connectivity index (χ0v) is 13.9. The highest BCUT2D eigenvalue weighted by Gasteiger charge is 2.17. The number of carbonyl (C=O) groups is 1. The number of unbranched alkanes of at least 4 members (excludes halogenated alkanes) is 3. The predicted octanol–water partition coefficient (Wildman–Crippen LogP) is 4.15. The molecule has 1 rings (SSSR count). The monoisotopic (exact) mass is 310 g/mol. The zero-order chi connectivity index (χ0) is 16.4. The molecule has 0 heterocycles. The van der Waals surface area contributed by atoms with E-state index in [9.17, 15) is 4.79 Å². The number of ether oxygens (including phenoxy) is 2. The lowest BCUT2D eigenvalue weighted by atomic mass is 10.1. The molecular weight excluding hydrogens is 284 g/mol. The molecule has 0 aliphatic heterocycles. The van der Waals surface area contributed by atoms with Crippen LogP contribution < -0.4 is 9.47 Å². The SMILES string of the molecule is CCCCCCC(C)OOC(=O)c1cc(OC)ccc1OC. The van der Waals surface area contributed by atoms with Gasteiger partial charge in [0.15, 0.2) is 0 Å². The van der Waals surface area contributed by atoms with Crippen molar-refractivity contribution in [1.29, 1.82) is 0 Å². The van der Waals surface area contributed by atoms with E-state index in [1.54, 1.807) is 18.2 Å². The maximum Gasteiger partial charge on any atom is 0.376 e. The van der Waals surface area contributed by atoms with E-state index in [-0.39, 0.29) is 11.7 Å². The van der Waals surface area contributed by atoms with Gasteiger partial charge in [-0.3, -0.25) is 4.89 Å². The van der Waals surface area contributed by atoms with Gasteiger partial charge >= 0.3 is 5.97 Å². The minimum Gasteiger partial charge on any atom is -0.497 e. The van der Waals surface area contributed by atoms with Gasteiger partial charge in [-0.15, -0.1) is 0 Å². The van der Waals surface area contributed by atoms with Crippen LogP contribution in [-0.4, -0.2) is 26.3 Å². The molecule has 0 aromatic heterocycles. The molecule has 0 radical (unpaired) electrons. The lowest BCUT2D eigenvalue weighted by molar-refractivity contribution is -0.271. The molecule has 5 nitrogen and oxygen atoms in total. The first kappa shape index (κ1) is 18.3. The number of hydrogen-bond donors (Lipinski definition) is 0. The van der Waals surface area contributed by atoms with Crippen molar-refractivity contribution in [2.75, 3.05) is 14.2 Å². The van der Waals surface area contributed by atoms with Crippen molar-refractivity contribution < 1.29 is 24.0 Å². The lowest BCUT2D eigenvalue weighted by Gasteiger charge is -2.13. The van der Waals surface area contributed by atoms with Gasteiger partial charge in [0.25, 0.3) is 0 Å². The highest BCUT2D eigenvalue weighted by molar-refractivity contribution is 5.92. The Morgan fingerprint density at radius 1 is 1.14 bits per heavy atom. The second-order valence-corrected chi connectivity index (χ2v) is 5.19. The van der Waals surface area contributed by atoms with Gasteiger partial charge in [0.1, 0.15) is 23.2 Å². The number of rotatable bonds is 10. The number of carbonyl (C=O) groups excluding carboxylic acids is 1. The molecule has 1 unspecified atom stereocenters. The van der Waals surface area contributed by atoms with Gasteiger partial charge in [0.05, 0.1) is 14.2 Å². The Morgan fingerprint density at radius 2 is 1.91 bits per heavy atom. The Kier molecular flexibility index (Phi) is 8.36. The van der Waals surface area contributed by atoms with Gasteiger partial charge in [-0.25, -0.2) is 4.79 Å². The maximum atomic E-state index is 12.1. The average molecular weight is 310 g/mol. The Morgan fingerprint density at radius 3 is 2.55 bits per heavy atom. The summed E-state index contributed by atoms with van der Waals surface area (Å²) in [6.07, 6.45) is 5.38. The van der Waals surface area contributed by atoms with E-state index in [4.69, 9.17) is 19.2 Å². The van der Waals surface area contributed by atoms with E-state index in [0.29, 0.717) is 11.5 Å². The second-order valence-electron chi connectivity index (χ2n) is 5.19. The van der Waals surface area contributed by atoms with Crippen LogP contribution in [0.25, 0.3) is 0 Å². The Hall–Kier alpha value is -1.75. The molecule has 1 atom stereocenters. The number of methoxy groups -OCH3 is 2. The first-order valence-corrected chi connectivity index (χ1v) is 7.72. The Labute approximate surface area is 132 Å². The molecule has 1 aromatic rings. The second kappa shape index (κ2) is 10.1. The summed E-state index contributed by atoms with van der Waals surface area (Å²) < 4.78 is 10.3. The summed E-state index contributed by atoms with van der Waals surface area (Å²) in [7, 11) is 3.03. The zero-order valence-electron chi connectivity index (χ0n) is 13.9. The van der Waals surface area contributed by atoms with Crippen molar-refractivity contribution in [2.45, 2.75) is 52.1 Å². The van der Waals surface area contributed by atoms with Crippen LogP contribution in [0.1, 0.15) is 56.3 Å². The maximum absolute atomic E-state index is 12.1. The molecule has 0 saturated heterocycles. The summed E-state index contributed by atoms with van der Waals surface area (Å²) in [6.45, 7) is 4.06. The molecular formula is C17H26O5. The molecule has 124 valence electrons. The van der Waals surface area contributed by atoms with Crippen LogP contribution >= 0.6 is 0 Å². The molecule has 0 saturated carbocycles. The van der Waals surface area contributed by atoms with E-state index in [1.807, 2.05) is 6.92 Å². The average Bonchev–Trinajstić information content (AvgIpc) is 2.55. The third kappa shape index (κ3) is 5.93. The fourth-order valence-electron chi connectivity index (χ4n) is 2.05. The first-order valence-electron chi connectivity index (χ1n) is 7.72. The van der Waals surface area contributed by atoms with Crippen LogP contribution in [0.5, 0.6) is 11.5 Å². The van der Waals surface area contributed by atoms with E-state index >= 15 is 0 Å². The quantitative estimate of drug-likeness (QED) is 0.369. The topological polar surface area (TPSA) is 54.0 Å². The minimum atomic E-state index is -0.587. The number of benzene rings is 1. The Balaban J connectivity index is 2.51. The van der Waals surface area contributed by atoms with E-state index < -0.39 is 5.97 Å². The molecule has 0 N–H and O–H groups in total. The minimum absolute atomic E-state index is 0.127. The van der Waals surface area contributed by atoms with Gasteiger partial charge < -0.3 is 9.47 Å². The van der Waals surface area contributed by atoms with Crippen LogP contribution in [0.15, 0.2) is 18.2 Å². The molecule has 0 aliphatic rings. The fourth-order valence-corrected chi connectivity index (χ4v) is 2.05. The summed E-state index contributed by atoms with van der Waals surface area (Å²) in [5, 5.41) is 0. The molecule has 5 heteroatoms. The summed E-state index contributed by atoms with van der Waals surface area (Å²) in [5.41, 5.74) is 0.278. The lowest BCUT2D eigenvalue weighted by Crippen LogP contribution is -2.14. The van der Waals surface area contributed by atoms with E-state index in [2.05, 4.69) is 6.92 Å². The van der Waals surface area contributed by atoms with Crippen LogP contribution in [0.2, 0.25) is 0 Å². The van der Waals surface area contributed by atoms with Gasteiger partial charge in [0.2, 0.25) is 0 Å². The normalized spacial score (nSPS) is 11.8. The van der Waals surface area contributed by atoms with Gasteiger partial charge in [-0.05, 0) is 31.5 Å². The third-order valence-electron chi connectivity index (χ3n) is 3.38. The molecule has 0 fully saturated rings. The van der Waals surface area contributed by atoms with Crippen molar-refractivity contribution in [3.05, 3.63) is 23.8 Å². The van der Waals surface area contributed by atoms with Crippen LogP contribution in [-0.2, 0) is 9.78 Å². The molecule has 0 spiro atoms. The fraction of sp³-hybridized carbons (Fsp3) is 0.588. The summed E-state index contributed by atoms with van der Waals surface area (Å²) in [4.78, 5) is 22.2. The van der Waals surface area contributed by atoms with Crippen molar-refractivity contribution >= 4 is 5.97 Å². The predicted molar refractivity (Wildman–Crippen MR) is 84.3 cm³/mol. The van der Waals surface area contributed by atoms with Gasteiger partial charge in [-0.2, -0.15) is 4.89 Å². The van der Waals surface area contributed by atoms with Crippen molar-refractivity contribution in [3.8, 4) is 11.5 Å². The molecule has 22 heavy (non-hydrogen) atoms. The molecule has 0 bridgehead atoms. The number of hydrogen-bond acceptors (Lipinski definition) is 5. The smallest absolute Gasteiger partial charge is 0.376 e. The molecule has 0 amide bonds. The third-order valence-corrected chi connectivity index (χ3v) is 3.38. The van der Waals surface area contributed by atoms with Gasteiger partial charge in [-0.1, -0.05) is 32.6 Å². The van der Waals surface area contributed by atoms with Crippen molar-refractivity contribution in [3.63, 3.8) is 0 Å². The van der Waals surface area contributed by atoms with Crippen LogP contribution in [0.4, 0.5) is 0 Å². The largest absolute Gasteiger partial charge is 0.497 e. The molecule has 0 aliphatic carbocycles. The highest BCUT2D eigenvalue weighted by atomic mass is 17.2. The first-order chi connectivity index (χ1) is 10.6. The van der Waals surface area contributed by atoms with Crippen LogP contribution in [0.3, 0.4) is 0 Å². The standard InChI is InChI=1S/C17H26O5/c1-5-6-7-8-9-13(2)21-22-17(18)15-12-14(19-3)10-11-16(15)20-4/h10-13H,5-9H2,1-4H3. The summed E-state index contributed by atoms with van der Waals surface area (Å²) >= 11 is 0. The highest BCUT2D eigenvalue weighted by Crippen LogP contribution is 2.25. The van der Waals surface area contributed by atoms with Crippen molar-refractivity contribution in [1.82, 2.24) is 0 Å².